The largest absolute Gasteiger partial charge is 0.496 e. The van der Waals surface area contributed by atoms with Gasteiger partial charge in [-0.2, -0.15) is 0 Å². The summed E-state index contributed by atoms with van der Waals surface area (Å²) in [6.07, 6.45) is 1.22. The molecule has 3 nitrogen and oxygen atoms in total. The molecule has 0 amide bonds. The molecule has 19 heavy (non-hydrogen) atoms. The average Bonchev–Trinajstić information content (AvgIpc) is 2.76. The molecule has 1 aromatic carbocycles. The number of hydrogen-bond donors (Lipinski definition) is 1. The fourth-order valence-electron chi connectivity index (χ4n) is 2.21. The van der Waals surface area contributed by atoms with Crippen molar-refractivity contribution in [3.8, 4) is 5.75 Å². The van der Waals surface area contributed by atoms with Crippen molar-refractivity contribution < 1.29 is 4.74 Å². The van der Waals surface area contributed by atoms with Gasteiger partial charge in [0.2, 0.25) is 0 Å². The van der Waals surface area contributed by atoms with Gasteiger partial charge < -0.3 is 10.1 Å². The molecule has 1 atom stereocenters. The predicted octanol–water partition coefficient (Wildman–Crippen LogP) is 3.93. The number of amidine groups is 1. The third-order valence-corrected chi connectivity index (χ3v) is 4.23. The van der Waals surface area contributed by atoms with Crippen molar-refractivity contribution in [2.75, 3.05) is 19.0 Å². The van der Waals surface area contributed by atoms with E-state index in [1.165, 1.54) is 6.42 Å². The number of thioether (sulfide) groups is 1. The molecule has 0 saturated carbocycles. The molecule has 0 spiro atoms. The number of nitrogens with one attached hydrogen (secondary N) is 1. The third kappa shape index (κ3) is 3.90. The molecule has 1 aliphatic rings. The highest BCUT2D eigenvalue weighted by Crippen LogP contribution is 2.28. The lowest BCUT2D eigenvalue weighted by Crippen LogP contribution is -2.09. The van der Waals surface area contributed by atoms with Gasteiger partial charge in [-0.1, -0.05) is 25.6 Å². The van der Waals surface area contributed by atoms with Crippen LogP contribution in [0.1, 0.15) is 25.8 Å². The number of anilines is 1. The van der Waals surface area contributed by atoms with E-state index >= 15 is 0 Å². The molecular weight excluding hydrogens is 256 g/mol. The van der Waals surface area contributed by atoms with Gasteiger partial charge in [0.15, 0.2) is 5.17 Å². The van der Waals surface area contributed by atoms with E-state index in [2.05, 4.69) is 37.1 Å². The van der Waals surface area contributed by atoms with E-state index in [0.717, 1.165) is 34.6 Å². The summed E-state index contributed by atoms with van der Waals surface area (Å²) in [4.78, 5) is 4.57. The summed E-state index contributed by atoms with van der Waals surface area (Å²) in [5.74, 6) is 1.65. The molecule has 0 radical (unpaired) electrons. The Kier molecular flexibility index (Phi) is 4.75. The Labute approximate surface area is 119 Å². The van der Waals surface area contributed by atoms with Gasteiger partial charge in [0.1, 0.15) is 5.75 Å². The predicted molar refractivity (Wildman–Crippen MR) is 84.5 cm³/mol. The Morgan fingerprint density at radius 3 is 2.89 bits per heavy atom. The number of hydrogen-bond acceptors (Lipinski definition) is 4. The SMILES string of the molecule is COc1ccc(NC2=NCC(CC(C)C)S2)cc1C. The number of aryl methyl sites for hydroxylation is 1. The summed E-state index contributed by atoms with van der Waals surface area (Å²) in [7, 11) is 1.70. The van der Waals surface area contributed by atoms with Crippen LogP contribution in [0.5, 0.6) is 5.75 Å². The lowest BCUT2D eigenvalue weighted by atomic mass is 10.1. The Morgan fingerprint density at radius 2 is 2.26 bits per heavy atom. The molecule has 1 aliphatic heterocycles. The second kappa shape index (κ2) is 6.33. The summed E-state index contributed by atoms with van der Waals surface area (Å²) in [5, 5.41) is 5.06. The number of rotatable bonds is 4. The highest BCUT2D eigenvalue weighted by atomic mass is 32.2. The molecule has 0 aromatic heterocycles. The van der Waals surface area contributed by atoms with Crippen molar-refractivity contribution in [3.63, 3.8) is 0 Å². The second-order valence-electron chi connectivity index (χ2n) is 5.32. The van der Waals surface area contributed by atoms with Gasteiger partial charge in [-0.3, -0.25) is 4.99 Å². The van der Waals surface area contributed by atoms with Crippen LogP contribution in [0.3, 0.4) is 0 Å². The molecule has 0 bridgehead atoms. The first kappa shape index (κ1) is 14.3. The normalized spacial score (nSPS) is 18.6. The van der Waals surface area contributed by atoms with Crippen molar-refractivity contribution in [1.29, 1.82) is 0 Å². The minimum atomic E-state index is 0.627. The standard InChI is InChI=1S/C15H22N2OS/c1-10(2)7-13-9-16-15(19-13)17-12-5-6-14(18-4)11(3)8-12/h5-6,8,10,13H,7,9H2,1-4H3,(H,16,17). The molecule has 104 valence electrons. The van der Waals surface area contributed by atoms with Crippen LogP contribution in [0.2, 0.25) is 0 Å². The van der Waals surface area contributed by atoms with E-state index in [0.29, 0.717) is 5.25 Å². The molecule has 1 aromatic rings. The monoisotopic (exact) mass is 278 g/mol. The number of aliphatic imine (C=N–C) groups is 1. The maximum absolute atomic E-state index is 5.27. The summed E-state index contributed by atoms with van der Waals surface area (Å²) < 4.78 is 5.27. The topological polar surface area (TPSA) is 33.6 Å². The minimum absolute atomic E-state index is 0.627. The lowest BCUT2D eigenvalue weighted by Gasteiger charge is -2.12. The van der Waals surface area contributed by atoms with Crippen LogP contribution in [-0.2, 0) is 0 Å². The number of benzene rings is 1. The van der Waals surface area contributed by atoms with Crippen LogP contribution in [0.25, 0.3) is 0 Å². The Bertz CT molecular complexity index is 471. The van der Waals surface area contributed by atoms with Gasteiger partial charge in [0, 0.05) is 10.9 Å². The van der Waals surface area contributed by atoms with Crippen LogP contribution in [0.15, 0.2) is 23.2 Å². The molecule has 0 saturated heterocycles. The molecule has 4 heteroatoms. The summed E-state index contributed by atoms with van der Waals surface area (Å²) in [5.41, 5.74) is 2.21. The van der Waals surface area contributed by atoms with Crippen molar-refractivity contribution in [1.82, 2.24) is 0 Å². The van der Waals surface area contributed by atoms with E-state index in [1.54, 1.807) is 7.11 Å². The van der Waals surface area contributed by atoms with Gasteiger partial charge in [-0.25, -0.2) is 0 Å². The van der Waals surface area contributed by atoms with Crippen LogP contribution in [0, 0.1) is 12.8 Å². The molecule has 2 rings (SSSR count). The lowest BCUT2D eigenvalue weighted by molar-refractivity contribution is 0.412. The number of ether oxygens (including phenoxy) is 1. The fraction of sp³-hybridized carbons (Fsp3) is 0.533. The van der Waals surface area contributed by atoms with E-state index in [-0.39, 0.29) is 0 Å². The average molecular weight is 278 g/mol. The first-order valence-electron chi connectivity index (χ1n) is 6.71. The van der Waals surface area contributed by atoms with E-state index < -0.39 is 0 Å². The third-order valence-electron chi connectivity index (χ3n) is 3.10. The maximum Gasteiger partial charge on any atom is 0.161 e. The van der Waals surface area contributed by atoms with Crippen LogP contribution in [-0.4, -0.2) is 24.1 Å². The highest BCUT2D eigenvalue weighted by molar-refractivity contribution is 8.15. The Hall–Kier alpha value is -1.16. The van der Waals surface area contributed by atoms with E-state index in [1.807, 2.05) is 23.9 Å². The number of nitrogens with zero attached hydrogens (tertiary/aromatic N) is 1. The molecule has 0 fully saturated rings. The van der Waals surface area contributed by atoms with E-state index in [9.17, 15) is 0 Å². The second-order valence-corrected chi connectivity index (χ2v) is 6.61. The molecule has 0 aliphatic carbocycles. The quantitative estimate of drug-likeness (QED) is 0.906. The molecule has 1 unspecified atom stereocenters. The van der Waals surface area contributed by atoms with Crippen LogP contribution in [0.4, 0.5) is 5.69 Å². The molecule has 1 N–H and O–H groups in total. The fourth-order valence-corrected chi connectivity index (χ4v) is 3.49. The first-order valence-corrected chi connectivity index (χ1v) is 7.59. The summed E-state index contributed by atoms with van der Waals surface area (Å²) in [6.45, 7) is 7.51. The van der Waals surface area contributed by atoms with Gasteiger partial charge >= 0.3 is 0 Å². The highest BCUT2D eigenvalue weighted by Gasteiger charge is 2.20. The molecular formula is C15H22N2OS. The van der Waals surface area contributed by atoms with Gasteiger partial charge in [-0.15, -0.1) is 0 Å². The van der Waals surface area contributed by atoms with Crippen molar-refractivity contribution in [3.05, 3.63) is 23.8 Å². The number of methoxy groups -OCH3 is 1. The van der Waals surface area contributed by atoms with Gasteiger partial charge in [-0.05, 0) is 43.0 Å². The Balaban J connectivity index is 1.94. The van der Waals surface area contributed by atoms with Crippen LogP contribution < -0.4 is 10.1 Å². The zero-order valence-corrected chi connectivity index (χ0v) is 12.9. The summed E-state index contributed by atoms with van der Waals surface area (Å²) in [6, 6.07) is 6.12. The van der Waals surface area contributed by atoms with Crippen molar-refractivity contribution in [2.45, 2.75) is 32.4 Å². The van der Waals surface area contributed by atoms with Gasteiger partial charge in [0.25, 0.3) is 0 Å². The zero-order valence-electron chi connectivity index (χ0n) is 12.1. The minimum Gasteiger partial charge on any atom is -0.496 e. The zero-order chi connectivity index (χ0) is 13.8. The van der Waals surface area contributed by atoms with Crippen LogP contribution >= 0.6 is 11.8 Å². The molecule has 1 heterocycles. The van der Waals surface area contributed by atoms with Crippen molar-refractivity contribution >= 4 is 22.6 Å². The summed E-state index contributed by atoms with van der Waals surface area (Å²) >= 11 is 1.86. The maximum atomic E-state index is 5.27. The van der Waals surface area contributed by atoms with Crippen molar-refractivity contribution in [2.24, 2.45) is 10.9 Å². The van der Waals surface area contributed by atoms with Gasteiger partial charge in [0.05, 0.1) is 13.7 Å². The first-order chi connectivity index (χ1) is 9.08. The van der Waals surface area contributed by atoms with E-state index in [4.69, 9.17) is 4.74 Å². The smallest absolute Gasteiger partial charge is 0.161 e. The Morgan fingerprint density at radius 1 is 1.47 bits per heavy atom.